The highest BCUT2D eigenvalue weighted by Gasteiger charge is 2.15. The van der Waals surface area contributed by atoms with Crippen LogP contribution in [-0.4, -0.2) is 11.7 Å². The second-order valence-corrected chi connectivity index (χ2v) is 7.55. The molecule has 0 aliphatic heterocycles. The fourth-order valence-electron chi connectivity index (χ4n) is 1.73. The predicted octanol–water partition coefficient (Wildman–Crippen LogP) is 6.41. The van der Waals surface area contributed by atoms with E-state index in [0.717, 1.165) is 10.0 Å². The first-order valence-corrected chi connectivity index (χ1v) is 8.69. The molecule has 0 aliphatic carbocycles. The van der Waals surface area contributed by atoms with Gasteiger partial charge in [-0.2, -0.15) is 0 Å². The van der Waals surface area contributed by atoms with E-state index in [4.69, 9.17) is 4.74 Å². The van der Waals surface area contributed by atoms with Crippen LogP contribution >= 0.6 is 15.9 Å². The summed E-state index contributed by atoms with van der Waals surface area (Å²) >= 11 is 3.35. The molecule has 1 N–H and O–H groups in total. The van der Waals surface area contributed by atoms with E-state index in [2.05, 4.69) is 40.3 Å². The maximum absolute atomic E-state index is 11.4. The summed E-state index contributed by atoms with van der Waals surface area (Å²) in [5, 5.41) is 2.71. The first kappa shape index (κ1) is 23.2. The first-order valence-electron chi connectivity index (χ1n) is 7.90. The van der Waals surface area contributed by atoms with Crippen molar-refractivity contribution in [3.05, 3.63) is 69.7 Å². The molecule has 25 heavy (non-hydrogen) atoms. The zero-order valence-electron chi connectivity index (χ0n) is 15.0. The second-order valence-electron chi connectivity index (χ2n) is 6.64. The summed E-state index contributed by atoms with van der Waals surface area (Å²) in [4.78, 5) is 11.4. The number of alkyl carbamates (subject to hydrolysis) is 1. The van der Waals surface area contributed by atoms with Gasteiger partial charge in [0.05, 0.1) is 0 Å². The van der Waals surface area contributed by atoms with E-state index in [9.17, 15) is 4.79 Å². The van der Waals surface area contributed by atoms with E-state index < -0.39 is 5.60 Å². The van der Waals surface area contributed by atoms with Crippen LogP contribution in [-0.2, 0) is 11.3 Å². The lowest BCUT2D eigenvalue weighted by molar-refractivity contribution is 0.0523. The smallest absolute Gasteiger partial charge is 0.407 e. The average Bonchev–Trinajstić information content (AvgIpc) is 2.49. The van der Waals surface area contributed by atoms with Gasteiger partial charge < -0.3 is 10.1 Å². The molecule has 3 nitrogen and oxygen atoms in total. The Bertz CT molecular complexity index is 607. The van der Waals surface area contributed by atoms with Crippen molar-refractivity contribution in [1.82, 2.24) is 5.32 Å². The van der Waals surface area contributed by atoms with Crippen LogP contribution in [0.15, 0.2) is 53.0 Å². The number of carbonyl (C=O) groups is 1. The van der Waals surface area contributed by atoms with Crippen molar-refractivity contribution in [2.75, 3.05) is 0 Å². The van der Waals surface area contributed by atoms with Crippen molar-refractivity contribution in [3.8, 4) is 0 Å². The summed E-state index contributed by atoms with van der Waals surface area (Å²) in [6, 6.07) is 16.2. The summed E-state index contributed by atoms with van der Waals surface area (Å²) in [6.07, 6.45) is -0.381. The zero-order valence-corrected chi connectivity index (χ0v) is 16.6. The highest BCUT2D eigenvalue weighted by atomic mass is 79.9. The van der Waals surface area contributed by atoms with Crippen molar-refractivity contribution in [2.24, 2.45) is 0 Å². The Kier molecular flexibility index (Phi) is 10.1. The normalized spacial score (nSPS) is 10.0. The number of rotatable bonds is 2. The summed E-state index contributed by atoms with van der Waals surface area (Å²) in [7, 11) is 0. The van der Waals surface area contributed by atoms with E-state index in [1.165, 1.54) is 11.1 Å². The second kappa shape index (κ2) is 10.9. The molecule has 0 atom stereocenters. The van der Waals surface area contributed by atoms with Gasteiger partial charge in [-0.05, 0) is 52.3 Å². The number of halogens is 1. The molecule has 0 spiro atoms. The van der Waals surface area contributed by atoms with Gasteiger partial charge in [0.15, 0.2) is 0 Å². The van der Waals surface area contributed by atoms with Crippen molar-refractivity contribution in [2.45, 2.75) is 54.2 Å². The number of hydrogen-bond donors (Lipinski definition) is 1. The molecule has 0 radical (unpaired) electrons. The Labute approximate surface area is 160 Å². The predicted molar refractivity (Wildman–Crippen MR) is 110 cm³/mol. The van der Waals surface area contributed by atoms with Gasteiger partial charge in [0.25, 0.3) is 0 Å². The van der Waals surface area contributed by atoms with Crippen LogP contribution in [0.4, 0.5) is 4.79 Å². The summed E-state index contributed by atoms with van der Waals surface area (Å²) in [5.74, 6) is 0. The van der Waals surface area contributed by atoms with Gasteiger partial charge in [0, 0.05) is 11.0 Å². The van der Waals surface area contributed by atoms with Crippen molar-refractivity contribution in [3.63, 3.8) is 0 Å². The Morgan fingerprint density at radius 3 is 1.80 bits per heavy atom. The standard InChI is InChI=1S/C13H19NO2.C7H7Br.CH4/c1-10-5-7-11(8-6-10)9-14-12(15)16-13(2,3)4;1-6-2-4-7(8)5-3-6;/h5-8H,9H2,1-4H3,(H,14,15);2-5H,1H3;1H4. The number of ether oxygens (including phenoxy) is 1. The molecule has 0 unspecified atom stereocenters. The number of hydrogen-bond acceptors (Lipinski definition) is 2. The molecule has 0 aliphatic rings. The Hall–Kier alpha value is -1.81. The largest absolute Gasteiger partial charge is 0.444 e. The van der Waals surface area contributed by atoms with Crippen LogP contribution < -0.4 is 5.32 Å². The van der Waals surface area contributed by atoms with Crippen LogP contribution in [0.25, 0.3) is 0 Å². The summed E-state index contributed by atoms with van der Waals surface area (Å²) < 4.78 is 6.27. The maximum atomic E-state index is 11.4. The van der Waals surface area contributed by atoms with Crippen molar-refractivity contribution in [1.29, 1.82) is 0 Å². The average molecular weight is 408 g/mol. The molecule has 2 aromatic rings. The molecular weight excluding hydrogens is 378 g/mol. The van der Waals surface area contributed by atoms with Gasteiger partial charge >= 0.3 is 6.09 Å². The molecule has 2 aromatic carbocycles. The molecule has 0 fully saturated rings. The first-order chi connectivity index (χ1) is 11.2. The summed E-state index contributed by atoms with van der Waals surface area (Å²) in [6.45, 7) is 10.1. The van der Waals surface area contributed by atoms with E-state index in [1.54, 1.807) is 0 Å². The molecule has 0 saturated carbocycles. The van der Waals surface area contributed by atoms with Crippen molar-refractivity contribution >= 4 is 22.0 Å². The maximum Gasteiger partial charge on any atom is 0.407 e. The summed E-state index contributed by atoms with van der Waals surface area (Å²) in [5.41, 5.74) is 3.13. The third-order valence-corrected chi connectivity index (χ3v) is 3.50. The quantitative estimate of drug-likeness (QED) is 0.623. The molecule has 138 valence electrons. The monoisotopic (exact) mass is 407 g/mol. The number of benzene rings is 2. The van der Waals surface area contributed by atoms with Crippen LogP contribution in [0, 0.1) is 13.8 Å². The number of nitrogens with one attached hydrogen (secondary N) is 1. The van der Waals surface area contributed by atoms with Gasteiger partial charge in [0.2, 0.25) is 0 Å². The van der Waals surface area contributed by atoms with Gasteiger partial charge in [-0.3, -0.25) is 0 Å². The molecule has 0 saturated heterocycles. The van der Waals surface area contributed by atoms with E-state index in [1.807, 2.05) is 64.1 Å². The lowest BCUT2D eigenvalue weighted by Gasteiger charge is -2.19. The Balaban J connectivity index is 0.000000540. The lowest BCUT2D eigenvalue weighted by Crippen LogP contribution is -2.32. The number of aryl methyl sites for hydroxylation is 2. The Morgan fingerprint density at radius 1 is 0.960 bits per heavy atom. The molecule has 1 amide bonds. The van der Waals surface area contributed by atoms with Gasteiger partial charge in [0.1, 0.15) is 5.60 Å². The minimum atomic E-state index is -0.447. The molecule has 0 aromatic heterocycles. The third kappa shape index (κ3) is 11.4. The van der Waals surface area contributed by atoms with Gasteiger partial charge in [-0.25, -0.2) is 4.79 Å². The molecule has 0 heterocycles. The highest BCUT2D eigenvalue weighted by Crippen LogP contribution is 2.09. The number of amides is 1. The Morgan fingerprint density at radius 2 is 1.40 bits per heavy atom. The fourth-order valence-corrected chi connectivity index (χ4v) is 1.99. The van der Waals surface area contributed by atoms with Crippen LogP contribution in [0.1, 0.15) is 44.9 Å². The lowest BCUT2D eigenvalue weighted by atomic mass is 10.1. The minimum absolute atomic E-state index is 0. The molecule has 0 bridgehead atoms. The van der Waals surface area contributed by atoms with Crippen LogP contribution in [0.2, 0.25) is 0 Å². The van der Waals surface area contributed by atoms with Crippen molar-refractivity contribution < 1.29 is 9.53 Å². The van der Waals surface area contributed by atoms with Gasteiger partial charge in [-0.1, -0.05) is 70.9 Å². The molecule has 4 heteroatoms. The topological polar surface area (TPSA) is 38.3 Å². The minimum Gasteiger partial charge on any atom is -0.444 e. The zero-order chi connectivity index (χ0) is 18.2. The molecular formula is C21H30BrNO2. The van der Waals surface area contributed by atoms with Crippen LogP contribution in [0.3, 0.4) is 0 Å². The highest BCUT2D eigenvalue weighted by molar-refractivity contribution is 9.10. The van der Waals surface area contributed by atoms with E-state index >= 15 is 0 Å². The number of carbonyl (C=O) groups excluding carboxylic acids is 1. The fraction of sp³-hybridized carbons (Fsp3) is 0.381. The van der Waals surface area contributed by atoms with Crippen LogP contribution in [0.5, 0.6) is 0 Å². The van der Waals surface area contributed by atoms with E-state index in [-0.39, 0.29) is 13.5 Å². The van der Waals surface area contributed by atoms with E-state index in [0.29, 0.717) is 6.54 Å². The van der Waals surface area contributed by atoms with Gasteiger partial charge in [-0.15, -0.1) is 0 Å². The molecule has 2 rings (SSSR count). The third-order valence-electron chi connectivity index (χ3n) is 2.97. The SMILES string of the molecule is C.Cc1ccc(Br)cc1.Cc1ccc(CNC(=O)OC(C)(C)C)cc1.